The largest absolute Gasteiger partial charge is 1.00 e. The molecule has 0 aromatic carbocycles. The molecular weight excluding hydrogens is 398 g/mol. The summed E-state index contributed by atoms with van der Waals surface area (Å²) >= 11 is 0. The molecule has 0 radical (unpaired) electrons. The van der Waals surface area contributed by atoms with Crippen LogP contribution in [0.4, 0.5) is 0 Å². The number of quaternary nitrogens is 1. The van der Waals surface area contributed by atoms with Crippen LogP contribution in [0.1, 0.15) is 155 Å². The van der Waals surface area contributed by atoms with E-state index in [4.69, 9.17) is 0 Å². The number of halogens is 1. The van der Waals surface area contributed by atoms with Gasteiger partial charge in [0, 0.05) is 5.92 Å². The van der Waals surface area contributed by atoms with Gasteiger partial charge in [0.15, 0.2) is 0 Å². The van der Waals surface area contributed by atoms with E-state index in [1.54, 1.807) is 0 Å². The van der Waals surface area contributed by atoms with Crippen molar-refractivity contribution in [2.24, 2.45) is 5.92 Å². The van der Waals surface area contributed by atoms with Crippen molar-refractivity contribution in [3.8, 4) is 0 Å². The molecule has 1 unspecified atom stereocenters. The van der Waals surface area contributed by atoms with Crippen molar-refractivity contribution in [2.45, 2.75) is 155 Å². The summed E-state index contributed by atoms with van der Waals surface area (Å²) in [5.74, 6) is 0.952. The summed E-state index contributed by atoms with van der Waals surface area (Å²) in [6.45, 7) is 5.99. The molecule has 2 heteroatoms. The van der Waals surface area contributed by atoms with Gasteiger partial charge in [0.1, 0.15) is 0 Å². The van der Waals surface area contributed by atoms with Crippen molar-refractivity contribution < 1.29 is 16.9 Å². The number of hydrogen-bond donors (Lipinski definition) is 0. The quantitative estimate of drug-likeness (QED) is 0.108. The highest BCUT2D eigenvalue weighted by Crippen LogP contribution is 2.21. The minimum atomic E-state index is 0. The van der Waals surface area contributed by atoms with Crippen molar-refractivity contribution in [3.05, 3.63) is 0 Å². The molecule has 0 bridgehead atoms. The summed E-state index contributed by atoms with van der Waals surface area (Å²) in [5, 5.41) is 0. The molecule has 0 aliphatic heterocycles. The Morgan fingerprint density at radius 1 is 0.419 bits per heavy atom. The zero-order valence-corrected chi connectivity index (χ0v) is 23.4. The zero-order chi connectivity index (χ0) is 22.3. The second-order valence-corrected chi connectivity index (χ2v) is 11.3. The van der Waals surface area contributed by atoms with E-state index in [0.717, 1.165) is 10.4 Å². The van der Waals surface area contributed by atoms with Crippen LogP contribution in [0.2, 0.25) is 0 Å². The summed E-state index contributed by atoms with van der Waals surface area (Å²) in [4.78, 5) is 0. The lowest BCUT2D eigenvalue weighted by molar-refractivity contribution is -0.874. The molecule has 0 amide bonds. The molecule has 0 aliphatic carbocycles. The summed E-state index contributed by atoms with van der Waals surface area (Å²) in [7, 11) is 7.14. The molecule has 1 nitrogen and oxygen atoms in total. The fourth-order valence-electron chi connectivity index (χ4n) is 4.94. The normalized spacial score (nSPS) is 12.7. The van der Waals surface area contributed by atoms with Crippen LogP contribution in [0.15, 0.2) is 0 Å². The smallest absolute Gasteiger partial charge is 0.0809 e. The first-order valence-electron chi connectivity index (χ1n) is 14.3. The molecule has 0 heterocycles. The van der Waals surface area contributed by atoms with E-state index in [9.17, 15) is 0 Å². The molecule has 0 N–H and O–H groups in total. The van der Waals surface area contributed by atoms with Gasteiger partial charge in [0.25, 0.3) is 0 Å². The topological polar surface area (TPSA) is 0 Å². The van der Waals surface area contributed by atoms with Crippen LogP contribution in [-0.2, 0) is 0 Å². The average molecular weight is 460 g/mol. The van der Waals surface area contributed by atoms with E-state index in [1.807, 2.05) is 0 Å². The van der Waals surface area contributed by atoms with Crippen molar-refractivity contribution in [1.29, 1.82) is 0 Å². The first-order chi connectivity index (χ1) is 14.5. The van der Waals surface area contributed by atoms with Crippen LogP contribution >= 0.6 is 0 Å². The van der Waals surface area contributed by atoms with Gasteiger partial charge in [-0.2, -0.15) is 0 Å². The van der Waals surface area contributed by atoms with Gasteiger partial charge in [-0.05, 0) is 12.8 Å². The molecule has 0 aliphatic rings. The molecule has 0 saturated heterocycles. The van der Waals surface area contributed by atoms with Gasteiger partial charge in [-0.25, -0.2) is 0 Å². The monoisotopic (exact) mass is 459 g/mol. The van der Waals surface area contributed by atoms with Crippen molar-refractivity contribution in [2.75, 3.05) is 27.7 Å². The Balaban J connectivity index is 0. The highest BCUT2D eigenvalue weighted by atomic mass is 35.5. The van der Waals surface area contributed by atoms with Crippen LogP contribution in [0.5, 0.6) is 0 Å². The molecule has 0 aromatic rings. The summed E-state index contributed by atoms with van der Waals surface area (Å²) < 4.78 is 1.14. The van der Waals surface area contributed by atoms with Gasteiger partial charge in [-0.15, -0.1) is 0 Å². The Morgan fingerprint density at radius 3 is 0.935 bits per heavy atom. The van der Waals surface area contributed by atoms with Gasteiger partial charge < -0.3 is 16.9 Å². The van der Waals surface area contributed by atoms with Crippen LogP contribution in [0.3, 0.4) is 0 Å². The van der Waals surface area contributed by atoms with E-state index in [0.29, 0.717) is 0 Å². The zero-order valence-electron chi connectivity index (χ0n) is 22.7. The summed E-state index contributed by atoms with van der Waals surface area (Å²) in [6.07, 6.45) is 32.1. The summed E-state index contributed by atoms with van der Waals surface area (Å²) in [5.41, 5.74) is 0. The first kappa shape index (κ1) is 33.4. The van der Waals surface area contributed by atoms with E-state index in [2.05, 4.69) is 35.0 Å². The van der Waals surface area contributed by atoms with Crippen LogP contribution in [0.25, 0.3) is 0 Å². The second kappa shape index (κ2) is 24.9. The Bertz CT molecular complexity index is 323. The fourth-order valence-corrected chi connectivity index (χ4v) is 4.94. The van der Waals surface area contributed by atoms with E-state index in [1.165, 1.54) is 148 Å². The van der Waals surface area contributed by atoms with Crippen molar-refractivity contribution >= 4 is 0 Å². The van der Waals surface area contributed by atoms with Gasteiger partial charge in [-0.3, -0.25) is 0 Å². The van der Waals surface area contributed by atoms with Gasteiger partial charge >= 0.3 is 0 Å². The number of hydrogen-bond acceptors (Lipinski definition) is 0. The minimum absolute atomic E-state index is 0. The SMILES string of the molecule is CCCCCCCCCCCCCC(CCCCCCCCCCC)C[N+](C)(C)C.[Cl-]. The maximum Gasteiger partial charge on any atom is 0.0809 e. The highest BCUT2D eigenvalue weighted by molar-refractivity contribution is 4.61. The molecule has 0 rings (SSSR count). The Kier molecular flexibility index (Phi) is 26.8. The summed E-state index contributed by atoms with van der Waals surface area (Å²) in [6, 6.07) is 0. The fraction of sp³-hybridized carbons (Fsp3) is 1.00. The standard InChI is InChI=1S/C29H62N.ClH/c1-6-8-10-12-14-16-17-19-21-23-25-27-29(28-30(3,4)5)26-24-22-20-18-15-13-11-9-7-2;/h29H,6-28H2,1-5H3;1H/q+1;/p-1. The Hall–Kier alpha value is 0.250. The molecule has 190 valence electrons. The molecule has 1 atom stereocenters. The van der Waals surface area contributed by atoms with E-state index < -0.39 is 0 Å². The molecule has 0 spiro atoms. The number of nitrogens with zero attached hydrogens (tertiary/aromatic N) is 1. The van der Waals surface area contributed by atoms with Crippen molar-refractivity contribution in [1.82, 2.24) is 0 Å². The predicted octanol–water partition coefficient (Wildman–Crippen LogP) is 6.93. The van der Waals surface area contributed by atoms with Crippen LogP contribution < -0.4 is 12.4 Å². The van der Waals surface area contributed by atoms with Crippen LogP contribution in [0, 0.1) is 5.92 Å². The average Bonchev–Trinajstić information content (AvgIpc) is 2.69. The van der Waals surface area contributed by atoms with Gasteiger partial charge in [-0.1, -0.05) is 142 Å². The van der Waals surface area contributed by atoms with Gasteiger partial charge in [0.2, 0.25) is 0 Å². The molecule has 0 saturated carbocycles. The Labute approximate surface area is 205 Å². The van der Waals surface area contributed by atoms with Crippen LogP contribution in [-0.4, -0.2) is 32.2 Å². The van der Waals surface area contributed by atoms with E-state index in [-0.39, 0.29) is 12.4 Å². The molecular formula is C29H62ClN. The molecule has 31 heavy (non-hydrogen) atoms. The maximum absolute atomic E-state index is 2.38. The molecule has 0 aromatic heterocycles. The lowest BCUT2D eigenvalue weighted by atomic mass is 9.93. The lowest BCUT2D eigenvalue weighted by Crippen LogP contribution is -3.00. The highest BCUT2D eigenvalue weighted by Gasteiger charge is 2.17. The third-order valence-electron chi connectivity index (χ3n) is 6.74. The van der Waals surface area contributed by atoms with Crippen molar-refractivity contribution in [3.63, 3.8) is 0 Å². The number of unbranched alkanes of at least 4 members (excludes halogenated alkanes) is 18. The third-order valence-corrected chi connectivity index (χ3v) is 6.74. The second-order valence-electron chi connectivity index (χ2n) is 11.3. The first-order valence-corrected chi connectivity index (χ1v) is 14.3. The van der Waals surface area contributed by atoms with E-state index >= 15 is 0 Å². The lowest BCUT2D eigenvalue weighted by Gasteiger charge is -2.29. The predicted molar refractivity (Wildman–Crippen MR) is 139 cm³/mol. The minimum Gasteiger partial charge on any atom is -1.00 e. The number of rotatable bonds is 24. The maximum atomic E-state index is 2.38. The third kappa shape index (κ3) is 28.2. The van der Waals surface area contributed by atoms with Gasteiger partial charge in [0.05, 0.1) is 27.7 Å². The molecule has 0 fully saturated rings. The Morgan fingerprint density at radius 2 is 0.677 bits per heavy atom.